The molecule has 0 atom stereocenters. The number of esters is 1. The number of carbonyl (C=O) groups excluding carboxylic acids is 1. The average molecular weight is 378 g/mol. The van der Waals surface area contributed by atoms with Crippen LogP contribution in [-0.4, -0.2) is 16.6 Å². The van der Waals surface area contributed by atoms with Crippen LogP contribution >= 0.6 is 31.9 Å². The van der Waals surface area contributed by atoms with Crippen LogP contribution in [0.2, 0.25) is 0 Å². The van der Waals surface area contributed by atoms with Crippen LogP contribution in [0.1, 0.15) is 29.5 Å². The topological polar surface area (TPSA) is 26.3 Å². The third-order valence-corrected chi connectivity index (χ3v) is 3.69. The van der Waals surface area contributed by atoms with Gasteiger partial charge >= 0.3 is 5.97 Å². The van der Waals surface area contributed by atoms with Crippen LogP contribution in [0.25, 0.3) is 0 Å². The molecule has 4 heteroatoms. The molecule has 0 amide bonds. The summed E-state index contributed by atoms with van der Waals surface area (Å²) in [5, 5.41) is 1.64. The molecule has 0 spiro atoms. The van der Waals surface area contributed by atoms with Crippen LogP contribution in [0.4, 0.5) is 0 Å². The maximum atomic E-state index is 11.5. The molecule has 0 fully saturated rings. The highest BCUT2D eigenvalue weighted by atomic mass is 79.9. The molecular weight excluding hydrogens is 360 g/mol. The van der Waals surface area contributed by atoms with Gasteiger partial charge in [0.15, 0.2) is 0 Å². The molecule has 0 saturated carbocycles. The third-order valence-electron chi connectivity index (χ3n) is 2.74. The number of carbonyl (C=O) groups is 1. The van der Waals surface area contributed by atoms with Crippen molar-refractivity contribution >= 4 is 37.8 Å². The first kappa shape index (κ1) is 15.7. The Morgan fingerprint density at radius 2 is 1.89 bits per heavy atom. The molecule has 0 saturated heterocycles. The van der Waals surface area contributed by atoms with E-state index in [0.29, 0.717) is 17.5 Å². The van der Waals surface area contributed by atoms with Gasteiger partial charge in [0.1, 0.15) is 5.75 Å². The van der Waals surface area contributed by atoms with E-state index in [1.807, 2.05) is 13.0 Å². The number of rotatable bonds is 6. The zero-order chi connectivity index (χ0) is 13.5. The molecule has 0 heterocycles. The van der Waals surface area contributed by atoms with Crippen molar-refractivity contribution in [3.63, 3.8) is 0 Å². The number of ether oxygens (including phenoxy) is 1. The van der Waals surface area contributed by atoms with Gasteiger partial charge in [0.05, 0.1) is 6.42 Å². The lowest BCUT2D eigenvalue weighted by Gasteiger charge is -2.12. The van der Waals surface area contributed by atoms with Crippen molar-refractivity contribution in [2.24, 2.45) is 0 Å². The fraction of sp³-hybridized carbons (Fsp3) is 0.500. The fourth-order valence-electron chi connectivity index (χ4n) is 1.74. The summed E-state index contributed by atoms with van der Waals surface area (Å²) >= 11 is 6.67. The molecule has 100 valence electrons. The summed E-state index contributed by atoms with van der Waals surface area (Å²) in [5.41, 5.74) is 3.53. The maximum Gasteiger partial charge on any atom is 0.312 e. The second kappa shape index (κ2) is 7.95. The standard InChI is InChI=1S/C14H18Br2O2/c1-10-9-13(18-14(17)5-7-16)11(2)8-12(10)4-3-6-15/h8-9H,3-7H2,1-2H3. The first-order valence-electron chi connectivity index (χ1n) is 6.01. The van der Waals surface area contributed by atoms with Crippen molar-refractivity contribution in [2.45, 2.75) is 33.1 Å². The van der Waals surface area contributed by atoms with Gasteiger partial charge < -0.3 is 4.74 Å². The molecule has 0 aromatic heterocycles. The summed E-state index contributed by atoms with van der Waals surface area (Å²) in [6, 6.07) is 4.08. The SMILES string of the molecule is Cc1cc(OC(=O)CCBr)c(C)cc1CCCBr. The summed E-state index contributed by atoms with van der Waals surface area (Å²) in [6.07, 6.45) is 2.56. The fourth-order valence-corrected chi connectivity index (χ4v) is 2.34. The summed E-state index contributed by atoms with van der Waals surface area (Å²) in [7, 11) is 0. The normalized spacial score (nSPS) is 10.4. The van der Waals surface area contributed by atoms with E-state index in [-0.39, 0.29) is 5.97 Å². The Balaban J connectivity index is 2.82. The summed E-state index contributed by atoms with van der Waals surface area (Å²) in [6.45, 7) is 4.04. The van der Waals surface area contributed by atoms with Crippen LogP contribution in [0.3, 0.4) is 0 Å². The Morgan fingerprint density at radius 3 is 2.50 bits per heavy atom. The summed E-state index contributed by atoms with van der Waals surface area (Å²) < 4.78 is 5.35. The number of aryl methyl sites for hydroxylation is 3. The predicted molar refractivity (Wildman–Crippen MR) is 82.1 cm³/mol. The minimum Gasteiger partial charge on any atom is -0.426 e. The molecule has 18 heavy (non-hydrogen) atoms. The van der Waals surface area contributed by atoms with Crippen molar-refractivity contribution in [2.75, 3.05) is 10.7 Å². The highest BCUT2D eigenvalue weighted by Crippen LogP contribution is 2.24. The van der Waals surface area contributed by atoms with Crippen molar-refractivity contribution < 1.29 is 9.53 Å². The van der Waals surface area contributed by atoms with Gasteiger partial charge in [-0.15, -0.1) is 0 Å². The van der Waals surface area contributed by atoms with Gasteiger partial charge in [-0.3, -0.25) is 4.79 Å². The van der Waals surface area contributed by atoms with Gasteiger partial charge in [0, 0.05) is 10.7 Å². The van der Waals surface area contributed by atoms with Crippen molar-refractivity contribution in [1.82, 2.24) is 0 Å². The van der Waals surface area contributed by atoms with Gasteiger partial charge in [-0.2, -0.15) is 0 Å². The Labute approximate surface area is 125 Å². The molecule has 2 nitrogen and oxygen atoms in total. The van der Waals surface area contributed by atoms with E-state index in [9.17, 15) is 4.79 Å². The van der Waals surface area contributed by atoms with E-state index in [2.05, 4.69) is 44.8 Å². The minimum atomic E-state index is -0.192. The van der Waals surface area contributed by atoms with Crippen LogP contribution < -0.4 is 4.74 Å². The van der Waals surface area contributed by atoms with Gasteiger partial charge in [0.2, 0.25) is 0 Å². The van der Waals surface area contributed by atoms with Crippen LogP contribution in [-0.2, 0) is 11.2 Å². The number of alkyl halides is 2. The molecule has 0 unspecified atom stereocenters. The lowest BCUT2D eigenvalue weighted by molar-refractivity contribution is -0.133. The molecule has 0 aliphatic heterocycles. The van der Waals surface area contributed by atoms with E-state index in [4.69, 9.17) is 4.74 Å². The molecule has 0 aliphatic rings. The molecule has 0 aliphatic carbocycles. The van der Waals surface area contributed by atoms with E-state index in [1.165, 1.54) is 11.1 Å². The lowest BCUT2D eigenvalue weighted by Crippen LogP contribution is -2.09. The highest BCUT2D eigenvalue weighted by molar-refractivity contribution is 9.09. The Kier molecular flexibility index (Phi) is 6.94. The van der Waals surface area contributed by atoms with Crippen LogP contribution in [0.15, 0.2) is 12.1 Å². The zero-order valence-electron chi connectivity index (χ0n) is 10.8. The molecule has 0 N–H and O–H groups in total. The van der Waals surface area contributed by atoms with Gasteiger partial charge in [-0.25, -0.2) is 0 Å². The van der Waals surface area contributed by atoms with Crippen molar-refractivity contribution in [1.29, 1.82) is 0 Å². The summed E-state index contributed by atoms with van der Waals surface area (Å²) in [4.78, 5) is 11.5. The molecule has 1 aromatic carbocycles. The van der Waals surface area contributed by atoms with Gasteiger partial charge in [-0.05, 0) is 49.4 Å². The molecular formula is C14H18Br2O2. The molecule has 0 bridgehead atoms. The quantitative estimate of drug-likeness (QED) is 0.419. The van der Waals surface area contributed by atoms with E-state index in [1.54, 1.807) is 0 Å². The highest BCUT2D eigenvalue weighted by Gasteiger charge is 2.09. The van der Waals surface area contributed by atoms with Crippen LogP contribution in [0, 0.1) is 13.8 Å². The average Bonchev–Trinajstić information content (AvgIpc) is 2.32. The van der Waals surface area contributed by atoms with Gasteiger partial charge in [-0.1, -0.05) is 37.9 Å². The first-order chi connectivity index (χ1) is 8.58. The molecule has 1 aromatic rings. The molecule has 0 radical (unpaired) electrons. The van der Waals surface area contributed by atoms with Crippen LogP contribution in [0.5, 0.6) is 5.75 Å². The minimum absolute atomic E-state index is 0.192. The number of halogens is 2. The Hall–Kier alpha value is -0.350. The Bertz CT molecular complexity index is 417. The number of hydrogen-bond acceptors (Lipinski definition) is 2. The van der Waals surface area contributed by atoms with Crippen molar-refractivity contribution in [3.05, 3.63) is 28.8 Å². The van der Waals surface area contributed by atoms with E-state index < -0.39 is 0 Å². The van der Waals surface area contributed by atoms with E-state index >= 15 is 0 Å². The smallest absolute Gasteiger partial charge is 0.312 e. The zero-order valence-corrected chi connectivity index (χ0v) is 13.9. The summed E-state index contributed by atoms with van der Waals surface area (Å²) in [5.74, 6) is 0.489. The number of benzene rings is 1. The largest absolute Gasteiger partial charge is 0.426 e. The third kappa shape index (κ3) is 4.73. The predicted octanol–water partition coefficient (Wildman–Crippen LogP) is 4.32. The molecule has 1 rings (SSSR count). The van der Waals surface area contributed by atoms with E-state index in [0.717, 1.165) is 23.7 Å². The first-order valence-corrected chi connectivity index (χ1v) is 8.25. The lowest BCUT2D eigenvalue weighted by atomic mass is 10.0. The Morgan fingerprint density at radius 1 is 1.17 bits per heavy atom. The monoisotopic (exact) mass is 376 g/mol. The maximum absolute atomic E-state index is 11.5. The number of hydrogen-bond donors (Lipinski definition) is 0. The van der Waals surface area contributed by atoms with Crippen molar-refractivity contribution in [3.8, 4) is 5.75 Å². The second-order valence-corrected chi connectivity index (χ2v) is 5.84. The second-order valence-electron chi connectivity index (χ2n) is 4.25. The van der Waals surface area contributed by atoms with Gasteiger partial charge in [0.25, 0.3) is 0 Å².